The molecule has 0 heterocycles. The molecule has 0 spiro atoms. The second-order valence-electron chi connectivity index (χ2n) is 5.91. The Labute approximate surface area is 151 Å². The van der Waals surface area contributed by atoms with Gasteiger partial charge in [0, 0.05) is 12.0 Å². The molecule has 0 atom stereocenters. The lowest BCUT2D eigenvalue weighted by atomic mass is 9.98. The fourth-order valence-electron chi connectivity index (χ4n) is 2.65. The summed E-state index contributed by atoms with van der Waals surface area (Å²) in [7, 11) is 0. The van der Waals surface area contributed by atoms with Gasteiger partial charge in [-0.25, -0.2) is 0 Å². The highest BCUT2D eigenvalue weighted by molar-refractivity contribution is 6.09. The number of allylic oxidation sites excluding steroid dienone is 1. The minimum absolute atomic E-state index is 0.0505. The Bertz CT molecular complexity index is 942. The van der Waals surface area contributed by atoms with Crippen molar-refractivity contribution in [1.82, 2.24) is 0 Å². The van der Waals surface area contributed by atoms with E-state index in [1.165, 1.54) is 30.3 Å². The molecule has 0 bridgehead atoms. The van der Waals surface area contributed by atoms with Gasteiger partial charge in [-0.1, -0.05) is 48.5 Å². The fourth-order valence-corrected chi connectivity index (χ4v) is 2.65. The van der Waals surface area contributed by atoms with E-state index in [9.17, 15) is 20.1 Å². The van der Waals surface area contributed by atoms with Gasteiger partial charge in [0.2, 0.25) is 0 Å². The van der Waals surface area contributed by atoms with Crippen LogP contribution in [0.1, 0.15) is 27.0 Å². The molecule has 0 fully saturated rings. The zero-order valence-electron chi connectivity index (χ0n) is 14.0. The smallest absolute Gasteiger partial charge is 0.189 e. The summed E-state index contributed by atoms with van der Waals surface area (Å²) in [6, 6.07) is 18.6. The number of ketones is 1. The van der Waals surface area contributed by atoms with Crippen molar-refractivity contribution in [3.8, 4) is 17.2 Å². The molecule has 4 nitrogen and oxygen atoms in total. The minimum Gasteiger partial charge on any atom is -0.508 e. The maximum absolute atomic E-state index is 12.4. The molecule has 3 aromatic carbocycles. The Kier molecular flexibility index (Phi) is 5.04. The van der Waals surface area contributed by atoms with Crippen molar-refractivity contribution in [3.05, 3.63) is 95.1 Å². The first-order valence-corrected chi connectivity index (χ1v) is 8.14. The zero-order chi connectivity index (χ0) is 18.5. The van der Waals surface area contributed by atoms with Gasteiger partial charge in [-0.15, -0.1) is 0 Å². The molecule has 0 aromatic heterocycles. The number of aromatic hydroxyl groups is 3. The van der Waals surface area contributed by atoms with Gasteiger partial charge < -0.3 is 15.3 Å². The minimum atomic E-state index is -0.370. The number of hydrogen-bond donors (Lipinski definition) is 3. The van der Waals surface area contributed by atoms with Gasteiger partial charge in [-0.2, -0.15) is 0 Å². The second kappa shape index (κ2) is 7.57. The molecule has 0 aliphatic heterocycles. The number of phenolic OH excluding ortho intramolecular Hbond substituents is 3. The standard InChI is InChI=1S/C22H18O4/c23-17-9-6-15(7-10-17)8-12-20(24)18-11-13-21(25)19(22(18)26)14-16-4-2-1-3-5-16/h1-13,23,25-26H,14H2. The first-order chi connectivity index (χ1) is 12.5. The van der Waals surface area contributed by atoms with E-state index in [0.29, 0.717) is 12.0 Å². The molecule has 26 heavy (non-hydrogen) atoms. The van der Waals surface area contributed by atoms with Crippen LogP contribution in [0.25, 0.3) is 6.08 Å². The fraction of sp³-hybridized carbons (Fsp3) is 0.0455. The molecule has 0 aliphatic rings. The van der Waals surface area contributed by atoms with Crippen molar-refractivity contribution in [2.75, 3.05) is 0 Å². The molecule has 0 saturated heterocycles. The van der Waals surface area contributed by atoms with Gasteiger partial charge in [0.05, 0.1) is 5.56 Å². The van der Waals surface area contributed by atoms with E-state index in [4.69, 9.17) is 0 Å². The third-order valence-corrected chi connectivity index (χ3v) is 4.07. The Balaban J connectivity index is 1.86. The molecular weight excluding hydrogens is 328 g/mol. The number of carbonyl (C=O) groups excluding carboxylic acids is 1. The second-order valence-corrected chi connectivity index (χ2v) is 5.91. The van der Waals surface area contributed by atoms with Crippen LogP contribution < -0.4 is 0 Å². The van der Waals surface area contributed by atoms with E-state index in [1.807, 2.05) is 30.3 Å². The summed E-state index contributed by atoms with van der Waals surface area (Å²) in [4.78, 5) is 12.4. The zero-order valence-corrected chi connectivity index (χ0v) is 14.0. The summed E-state index contributed by atoms with van der Waals surface area (Å²) < 4.78 is 0. The highest BCUT2D eigenvalue weighted by Crippen LogP contribution is 2.33. The Morgan fingerprint density at radius 2 is 1.54 bits per heavy atom. The monoisotopic (exact) mass is 346 g/mol. The van der Waals surface area contributed by atoms with Gasteiger partial charge in [0.1, 0.15) is 17.2 Å². The number of benzene rings is 3. The molecule has 4 heteroatoms. The van der Waals surface area contributed by atoms with Gasteiger partial charge in [-0.3, -0.25) is 4.79 Å². The van der Waals surface area contributed by atoms with Crippen LogP contribution in [0.2, 0.25) is 0 Å². The predicted molar refractivity (Wildman–Crippen MR) is 100 cm³/mol. The molecule has 130 valence electrons. The summed E-state index contributed by atoms with van der Waals surface area (Å²) in [6.07, 6.45) is 3.27. The first-order valence-electron chi connectivity index (χ1n) is 8.14. The van der Waals surface area contributed by atoms with E-state index in [-0.39, 0.29) is 28.6 Å². The molecule has 3 N–H and O–H groups in total. The number of carbonyl (C=O) groups is 1. The lowest BCUT2D eigenvalue weighted by molar-refractivity contribution is 0.104. The van der Waals surface area contributed by atoms with Gasteiger partial charge in [0.25, 0.3) is 0 Å². The highest BCUT2D eigenvalue weighted by atomic mass is 16.3. The van der Waals surface area contributed by atoms with Crippen molar-refractivity contribution in [3.63, 3.8) is 0 Å². The van der Waals surface area contributed by atoms with Crippen LogP contribution >= 0.6 is 0 Å². The van der Waals surface area contributed by atoms with E-state index in [2.05, 4.69) is 0 Å². The number of rotatable bonds is 5. The van der Waals surface area contributed by atoms with E-state index < -0.39 is 0 Å². The summed E-state index contributed by atoms with van der Waals surface area (Å²) in [5, 5.41) is 29.8. The van der Waals surface area contributed by atoms with Crippen molar-refractivity contribution < 1.29 is 20.1 Å². The van der Waals surface area contributed by atoms with Crippen LogP contribution in [0.4, 0.5) is 0 Å². The SMILES string of the molecule is O=C(C=Cc1ccc(O)cc1)c1ccc(O)c(Cc2ccccc2)c1O. The number of hydrogen-bond acceptors (Lipinski definition) is 4. The quantitative estimate of drug-likeness (QED) is 0.476. The normalized spacial score (nSPS) is 10.9. The van der Waals surface area contributed by atoms with Gasteiger partial charge in [0.15, 0.2) is 5.78 Å². The molecule has 0 amide bonds. The van der Waals surface area contributed by atoms with Crippen LogP contribution in [0, 0.1) is 0 Å². The van der Waals surface area contributed by atoms with Crippen LogP contribution in [0.5, 0.6) is 17.2 Å². The number of phenols is 3. The molecular formula is C22H18O4. The Hall–Kier alpha value is -3.53. The van der Waals surface area contributed by atoms with Crippen molar-refractivity contribution >= 4 is 11.9 Å². The molecule has 0 unspecified atom stereocenters. The topological polar surface area (TPSA) is 77.8 Å². The molecule has 0 aliphatic carbocycles. The van der Waals surface area contributed by atoms with E-state index in [1.54, 1.807) is 18.2 Å². The van der Waals surface area contributed by atoms with Gasteiger partial charge in [-0.05, 0) is 41.5 Å². The average molecular weight is 346 g/mol. The first kappa shape index (κ1) is 17.3. The summed E-state index contributed by atoms with van der Waals surface area (Å²) in [6.45, 7) is 0. The van der Waals surface area contributed by atoms with Crippen LogP contribution in [-0.2, 0) is 6.42 Å². The largest absolute Gasteiger partial charge is 0.508 e. The predicted octanol–water partition coefficient (Wildman–Crippen LogP) is 4.29. The molecule has 0 saturated carbocycles. The van der Waals surface area contributed by atoms with Gasteiger partial charge >= 0.3 is 0 Å². The molecule has 0 radical (unpaired) electrons. The maximum atomic E-state index is 12.4. The average Bonchev–Trinajstić information content (AvgIpc) is 2.65. The highest BCUT2D eigenvalue weighted by Gasteiger charge is 2.16. The third-order valence-electron chi connectivity index (χ3n) is 4.07. The van der Waals surface area contributed by atoms with Crippen LogP contribution in [-0.4, -0.2) is 21.1 Å². The summed E-state index contributed by atoms with van der Waals surface area (Å²) in [5.41, 5.74) is 2.12. The Morgan fingerprint density at radius 3 is 2.23 bits per heavy atom. The van der Waals surface area contributed by atoms with Crippen molar-refractivity contribution in [1.29, 1.82) is 0 Å². The molecule has 3 rings (SSSR count). The van der Waals surface area contributed by atoms with Crippen LogP contribution in [0.3, 0.4) is 0 Å². The Morgan fingerprint density at radius 1 is 0.846 bits per heavy atom. The summed E-state index contributed by atoms with van der Waals surface area (Å²) >= 11 is 0. The van der Waals surface area contributed by atoms with Crippen molar-refractivity contribution in [2.24, 2.45) is 0 Å². The van der Waals surface area contributed by atoms with Crippen molar-refractivity contribution in [2.45, 2.75) is 6.42 Å². The lowest BCUT2D eigenvalue weighted by Crippen LogP contribution is -1.99. The third kappa shape index (κ3) is 3.92. The van der Waals surface area contributed by atoms with E-state index >= 15 is 0 Å². The van der Waals surface area contributed by atoms with E-state index in [0.717, 1.165) is 11.1 Å². The lowest BCUT2D eigenvalue weighted by Gasteiger charge is -2.10. The molecule has 3 aromatic rings. The summed E-state index contributed by atoms with van der Waals surface area (Å²) in [5.74, 6) is -0.486. The maximum Gasteiger partial charge on any atom is 0.189 e. The van der Waals surface area contributed by atoms with Crippen LogP contribution in [0.15, 0.2) is 72.8 Å².